The zero-order valence-corrected chi connectivity index (χ0v) is 27.1. The van der Waals surface area contributed by atoms with Gasteiger partial charge in [0, 0.05) is 43.9 Å². The van der Waals surface area contributed by atoms with E-state index in [1.165, 1.54) is 92.8 Å². The number of allylic oxidation sites excluding steroid dienone is 6. The fourth-order valence-electron chi connectivity index (χ4n) is 5.30. The first kappa shape index (κ1) is 26.6. The molecule has 34 heavy (non-hydrogen) atoms. The molecule has 0 fully saturated rings. The third kappa shape index (κ3) is 4.03. The van der Waals surface area contributed by atoms with E-state index in [9.17, 15) is 0 Å². The molecule has 2 aromatic rings. The second-order valence-electron chi connectivity index (χ2n) is 10.1. The molecular weight excluding hydrogens is 524 g/mol. The molecular formula is C28H34P4S2. The third-order valence-corrected chi connectivity index (χ3v) is 18.4. The molecule has 0 N–H and O–H groups in total. The Balaban J connectivity index is 1.89. The van der Waals surface area contributed by atoms with Gasteiger partial charge < -0.3 is 0 Å². The van der Waals surface area contributed by atoms with Crippen molar-refractivity contribution >= 4 is 62.7 Å². The van der Waals surface area contributed by atoms with E-state index in [1.807, 2.05) is 0 Å². The Morgan fingerprint density at radius 1 is 0.500 bits per heavy atom. The first-order valence-corrected chi connectivity index (χ1v) is 20.0. The van der Waals surface area contributed by atoms with Gasteiger partial charge in [-0.1, -0.05) is 40.0 Å². The van der Waals surface area contributed by atoms with Gasteiger partial charge in [0.05, 0.1) is 0 Å². The Labute approximate surface area is 220 Å². The summed E-state index contributed by atoms with van der Waals surface area (Å²) < 4.78 is 0. The minimum Gasteiger partial charge on any atom is -0.0878 e. The summed E-state index contributed by atoms with van der Waals surface area (Å²) in [7, 11) is 2.54. The molecule has 0 saturated carbocycles. The number of rotatable bonds is 3. The summed E-state index contributed by atoms with van der Waals surface area (Å²) in [4.78, 5) is 0. The van der Waals surface area contributed by atoms with Crippen molar-refractivity contribution in [2.24, 2.45) is 0 Å². The SMILES string of the molecule is CC1=C(C2=C(C)C(C)=C(c3cc(C)c(C)cp3)P2(C)=S)P(C)(=S)C(c2cc(C)c(C)cp2)=C1C. The van der Waals surface area contributed by atoms with Crippen LogP contribution in [-0.2, 0) is 23.6 Å². The molecule has 2 aromatic heterocycles. The van der Waals surface area contributed by atoms with E-state index in [2.05, 4.69) is 92.4 Å². The monoisotopic (exact) mass is 558 g/mol. The quantitative estimate of drug-likeness (QED) is 0.344. The van der Waals surface area contributed by atoms with Crippen LogP contribution < -0.4 is 0 Å². The number of aryl methyl sites for hydroxylation is 4. The van der Waals surface area contributed by atoms with Gasteiger partial charge in [-0.15, -0.1) is 0 Å². The lowest BCUT2D eigenvalue weighted by atomic mass is 10.0. The van der Waals surface area contributed by atoms with Crippen LogP contribution in [0.25, 0.3) is 10.6 Å². The molecule has 6 heteroatoms. The lowest BCUT2D eigenvalue weighted by molar-refractivity contribution is 1.32. The first-order chi connectivity index (χ1) is 15.7. The zero-order chi connectivity index (χ0) is 25.3. The lowest BCUT2D eigenvalue weighted by Crippen LogP contribution is -1.94. The Morgan fingerprint density at radius 2 is 0.794 bits per heavy atom. The van der Waals surface area contributed by atoms with Gasteiger partial charge >= 0.3 is 0 Å². The van der Waals surface area contributed by atoms with Crippen molar-refractivity contribution in [3.63, 3.8) is 0 Å². The molecule has 2 atom stereocenters. The van der Waals surface area contributed by atoms with Crippen LogP contribution in [0, 0.1) is 27.7 Å². The summed E-state index contributed by atoms with van der Waals surface area (Å²) in [6.07, 6.45) is 0. The van der Waals surface area contributed by atoms with E-state index in [0.29, 0.717) is 0 Å². The Morgan fingerprint density at radius 3 is 1.09 bits per heavy atom. The molecule has 0 amide bonds. The van der Waals surface area contributed by atoms with Crippen LogP contribution in [0.5, 0.6) is 0 Å². The van der Waals surface area contributed by atoms with Gasteiger partial charge in [-0.2, -0.15) is 0 Å². The van der Waals surface area contributed by atoms with Crippen molar-refractivity contribution in [3.05, 3.63) is 89.5 Å². The summed E-state index contributed by atoms with van der Waals surface area (Å²) >= 11 is 13.2. The highest BCUT2D eigenvalue weighted by Gasteiger charge is 2.43. The summed E-state index contributed by atoms with van der Waals surface area (Å²) in [5.41, 5.74) is 11.0. The predicted octanol–water partition coefficient (Wildman–Crippen LogP) is 11.0. The van der Waals surface area contributed by atoms with Crippen molar-refractivity contribution in [2.45, 2.75) is 55.4 Å². The summed E-state index contributed by atoms with van der Waals surface area (Å²) in [6.45, 7) is 22.7. The molecule has 0 radical (unpaired) electrons. The topological polar surface area (TPSA) is 0 Å². The zero-order valence-electron chi connectivity index (χ0n) is 21.9. The average Bonchev–Trinajstić information content (AvgIpc) is 3.02. The summed E-state index contributed by atoms with van der Waals surface area (Å²) in [5, 5.41) is 8.50. The van der Waals surface area contributed by atoms with Crippen LogP contribution in [-0.4, -0.2) is 13.3 Å². The van der Waals surface area contributed by atoms with Crippen molar-refractivity contribution in [1.29, 1.82) is 0 Å². The molecule has 0 spiro atoms. The molecule has 2 unspecified atom stereocenters. The number of hydrogen-bond donors (Lipinski definition) is 0. The van der Waals surface area contributed by atoms with Gasteiger partial charge in [0.15, 0.2) is 0 Å². The molecule has 0 aliphatic carbocycles. The Hall–Kier alpha value is -0.440. The smallest absolute Gasteiger partial charge is 0.0111 e. The highest BCUT2D eigenvalue weighted by atomic mass is 32.4. The second-order valence-corrected chi connectivity index (χ2v) is 21.9. The summed E-state index contributed by atoms with van der Waals surface area (Å²) in [6, 6.07) is 0.835. The largest absolute Gasteiger partial charge is 0.0878 e. The minimum absolute atomic E-state index is 1.27. The molecule has 0 aromatic carbocycles. The minimum atomic E-state index is -1.96. The molecule has 0 nitrogen and oxygen atoms in total. The Kier molecular flexibility index (Phi) is 7.16. The third-order valence-electron chi connectivity index (χ3n) is 7.71. The normalized spacial score (nSPS) is 25.8. The van der Waals surface area contributed by atoms with Gasteiger partial charge in [0.25, 0.3) is 0 Å². The number of hydrogen-bond acceptors (Lipinski definition) is 2. The highest BCUT2D eigenvalue weighted by molar-refractivity contribution is 8.24. The van der Waals surface area contributed by atoms with Crippen molar-refractivity contribution in [3.8, 4) is 0 Å². The van der Waals surface area contributed by atoms with Crippen LogP contribution in [0.3, 0.4) is 0 Å². The molecule has 4 rings (SSSR count). The van der Waals surface area contributed by atoms with Crippen molar-refractivity contribution in [1.82, 2.24) is 0 Å². The lowest BCUT2D eigenvalue weighted by Gasteiger charge is -2.28. The molecule has 0 bridgehead atoms. The van der Waals surface area contributed by atoms with Crippen molar-refractivity contribution in [2.75, 3.05) is 13.3 Å². The molecule has 178 valence electrons. The molecule has 4 heterocycles. The maximum atomic E-state index is 6.62. The van der Waals surface area contributed by atoms with Gasteiger partial charge in [0.1, 0.15) is 0 Å². The molecule has 2 aliphatic heterocycles. The maximum Gasteiger partial charge on any atom is 0.0111 e. The predicted molar refractivity (Wildman–Crippen MR) is 168 cm³/mol. The van der Waals surface area contributed by atoms with E-state index in [1.54, 1.807) is 0 Å². The van der Waals surface area contributed by atoms with Crippen LogP contribution in [0.1, 0.15) is 60.5 Å². The van der Waals surface area contributed by atoms with Crippen LogP contribution >= 0.6 is 28.5 Å². The van der Waals surface area contributed by atoms with Crippen LogP contribution in [0.2, 0.25) is 0 Å². The molecule has 0 saturated heterocycles. The van der Waals surface area contributed by atoms with E-state index >= 15 is 0 Å². The van der Waals surface area contributed by atoms with E-state index in [-0.39, 0.29) is 0 Å². The summed E-state index contributed by atoms with van der Waals surface area (Å²) in [5.74, 6) is 4.68. The highest BCUT2D eigenvalue weighted by Crippen LogP contribution is 2.81. The van der Waals surface area contributed by atoms with E-state index in [4.69, 9.17) is 23.6 Å². The fraction of sp³-hybridized carbons (Fsp3) is 0.357. The first-order valence-electron chi connectivity index (χ1n) is 11.6. The van der Waals surface area contributed by atoms with Gasteiger partial charge in [-0.25, -0.2) is 0 Å². The van der Waals surface area contributed by atoms with Gasteiger partial charge in [0.2, 0.25) is 0 Å². The van der Waals surface area contributed by atoms with Gasteiger partial charge in [-0.3, -0.25) is 0 Å². The maximum absolute atomic E-state index is 6.62. The van der Waals surface area contributed by atoms with Gasteiger partial charge in [-0.05, 0) is 137 Å². The van der Waals surface area contributed by atoms with E-state index in [0.717, 1.165) is 0 Å². The fourth-order valence-corrected chi connectivity index (χ4v) is 19.7. The standard InChI is InChI=1S/C28H34P4S2/c1-15-11-23(29-13-17(15)3)25-19(5)21(7)27(31(25,9)33)28-22(8)20(6)26(32(28,10)34)24-12-16(2)18(4)14-30-24/h11-14H,1-10H3. The Bertz CT molecular complexity index is 1380. The van der Waals surface area contributed by atoms with Crippen LogP contribution in [0.4, 0.5) is 0 Å². The average molecular weight is 559 g/mol. The van der Waals surface area contributed by atoms with Crippen molar-refractivity contribution < 1.29 is 0 Å². The van der Waals surface area contributed by atoms with E-state index < -0.39 is 12.1 Å². The van der Waals surface area contributed by atoms with Crippen LogP contribution in [0.15, 0.2) is 56.6 Å². The second kappa shape index (κ2) is 9.14. The molecule has 2 aliphatic rings.